The van der Waals surface area contributed by atoms with Gasteiger partial charge in [-0.2, -0.15) is 13.2 Å². The third kappa shape index (κ3) is 5.10. The highest BCUT2D eigenvalue weighted by Crippen LogP contribution is 2.21. The summed E-state index contributed by atoms with van der Waals surface area (Å²) in [5.74, 6) is 0. The molecule has 1 rings (SSSR count). The summed E-state index contributed by atoms with van der Waals surface area (Å²) in [5, 5.41) is 6.26. The van der Waals surface area contributed by atoms with Crippen LogP contribution in [-0.4, -0.2) is 31.9 Å². The van der Waals surface area contributed by atoms with E-state index in [0.717, 1.165) is 13.1 Å². The molecule has 5 heteroatoms. The SMILES string of the molecule is FC(F)(F)CCCCNC1CNC1. The van der Waals surface area contributed by atoms with Gasteiger partial charge in [0.15, 0.2) is 0 Å². The van der Waals surface area contributed by atoms with E-state index in [9.17, 15) is 13.2 Å². The average molecular weight is 196 g/mol. The molecule has 0 radical (unpaired) electrons. The second-order valence-electron chi connectivity index (χ2n) is 3.38. The Hall–Kier alpha value is -0.290. The summed E-state index contributed by atoms with van der Waals surface area (Å²) < 4.78 is 35.1. The molecule has 78 valence electrons. The van der Waals surface area contributed by atoms with Gasteiger partial charge in [0.1, 0.15) is 0 Å². The van der Waals surface area contributed by atoms with Crippen molar-refractivity contribution in [3.8, 4) is 0 Å². The fraction of sp³-hybridized carbons (Fsp3) is 1.00. The molecule has 0 bridgehead atoms. The van der Waals surface area contributed by atoms with E-state index in [1.807, 2.05) is 0 Å². The molecule has 0 saturated carbocycles. The molecule has 0 aromatic heterocycles. The van der Waals surface area contributed by atoms with Crippen molar-refractivity contribution in [2.24, 2.45) is 0 Å². The van der Waals surface area contributed by atoms with Crippen molar-refractivity contribution in [2.75, 3.05) is 19.6 Å². The molecular weight excluding hydrogens is 181 g/mol. The quantitative estimate of drug-likeness (QED) is 0.647. The van der Waals surface area contributed by atoms with Crippen LogP contribution >= 0.6 is 0 Å². The summed E-state index contributed by atoms with van der Waals surface area (Å²) in [5.41, 5.74) is 0. The lowest BCUT2D eigenvalue weighted by atomic mass is 10.1. The van der Waals surface area contributed by atoms with Crippen LogP contribution in [0.3, 0.4) is 0 Å². The maximum Gasteiger partial charge on any atom is 0.389 e. The van der Waals surface area contributed by atoms with Crippen molar-refractivity contribution in [3.63, 3.8) is 0 Å². The maximum atomic E-state index is 11.7. The highest BCUT2D eigenvalue weighted by Gasteiger charge is 2.25. The second kappa shape index (κ2) is 4.81. The van der Waals surface area contributed by atoms with Gasteiger partial charge in [-0.05, 0) is 19.4 Å². The van der Waals surface area contributed by atoms with Crippen molar-refractivity contribution in [2.45, 2.75) is 31.5 Å². The smallest absolute Gasteiger partial charge is 0.314 e. The molecule has 1 saturated heterocycles. The van der Waals surface area contributed by atoms with Gasteiger partial charge < -0.3 is 10.6 Å². The van der Waals surface area contributed by atoms with Crippen molar-refractivity contribution >= 4 is 0 Å². The molecular formula is C8H15F3N2. The van der Waals surface area contributed by atoms with Crippen LogP contribution in [0.1, 0.15) is 19.3 Å². The second-order valence-corrected chi connectivity index (χ2v) is 3.38. The zero-order valence-corrected chi connectivity index (χ0v) is 7.45. The third-order valence-electron chi connectivity index (χ3n) is 2.10. The molecule has 0 amide bonds. The van der Waals surface area contributed by atoms with E-state index in [0.29, 0.717) is 19.0 Å². The van der Waals surface area contributed by atoms with Crippen molar-refractivity contribution in [1.29, 1.82) is 0 Å². The van der Waals surface area contributed by atoms with Gasteiger partial charge in [0.05, 0.1) is 0 Å². The summed E-state index contributed by atoms with van der Waals surface area (Å²) in [6.07, 6.45) is -3.80. The maximum absolute atomic E-state index is 11.7. The van der Waals surface area contributed by atoms with Gasteiger partial charge in [0.25, 0.3) is 0 Å². The lowest BCUT2D eigenvalue weighted by Crippen LogP contribution is -2.55. The molecule has 1 aliphatic heterocycles. The zero-order valence-electron chi connectivity index (χ0n) is 7.45. The van der Waals surface area contributed by atoms with Gasteiger partial charge in [0.2, 0.25) is 0 Å². The topological polar surface area (TPSA) is 24.1 Å². The number of hydrogen-bond acceptors (Lipinski definition) is 2. The van der Waals surface area contributed by atoms with E-state index in [1.165, 1.54) is 0 Å². The fourth-order valence-corrected chi connectivity index (χ4v) is 1.19. The number of hydrogen-bond donors (Lipinski definition) is 2. The molecule has 1 heterocycles. The first-order valence-electron chi connectivity index (χ1n) is 4.59. The first-order chi connectivity index (χ1) is 6.08. The summed E-state index contributed by atoms with van der Waals surface area (Å²) >= 11 is 0. The summed E-state index contributed by atoms with van der Waals surface area (Å²) in [6, 6.07) is 0.478. The monoisotopic (exact) mass is 196 g/mol. The van der Waals surface area contributed by atoms with Crippen LogP contribution in [0, 0.1) is 0 Å². The molecule has 0 spiro atoms. The van der Waals surface area contributed by atoms with Crippen molar-refractivity contribution in [1.82, 2.24) is 10.6 Å². The Morgan fingerprint density at radius 2 is 1.92 bits per heavy atom. The van der Waals surface area contributed by atoms with E-state index in [4.69, 9.17) is 0 Å². The van der Waals surface area contributed by atoms with Crippen molar-refractivity contribution in [3.05, 3.63) is 0 Å². The number of alkyl halides is 3. The minimum atomic E-state index is -3.99. The predicted molar refractivity (Wildman–Crippen MR) is 44.6 cm³/mol. The minimum Gasteiger partial charge on any atom is -0.314 e. The normalized spacial score (nSPS) is 18.7. The summed E-state index contributed by atoms with van der Waals surface area (Å²) in [4.78, 5) is 0. The Labute approximate surface area is 75.9 Å². The standard InChI is InChI=1S/C8H15F3N2/c9-8(10,11)3-1-2-4-13-7-5-12-6-7/h7,12-13H,1-6H2. The summed E-state index contributed by atoms with van der Waals surface area (Å²) in [6.45, 7) is 2.58. The first kappa shape index (κ1) is 10.8. The van der Waals surface area contributed by atoms with Gasteiger partial charge >= 0.3 is 6.18 Å². The van der Waals surface area contributed by atoms with Crippen LogP contribution in [0.15, 0.2) is 0 Å². The molecule has 1 fully saturated rings. The minimum absolute atomic E-state index is 0.233. The van der Waals surface area contributed by atoms with Gasteiger partial charge in [-0.15, -0.1) is 0 Å². The Bertz CT molecular complexity index is 143. The van der Waals surface area contributed by atoms with Gasteiger partial charge in [-0.1, -0.05) is 0 Å². The highest BCUT2D eigenvalue weighted by atomic mass is 19.4. The Morgan fingerprint density at radius 1 is 1.23 bits per heavy atom. The van der Waals surface area contributed by atoms with Crippen molar-refractivity contribution < 1.29 is 13.2 Å². The first-order valence-corrected chi connectivity index (χ1v) is 4.59. The molecule has 0 atom stereocenters. The average Bonchev–Trinajstić information content (AvgIpc) is 1.90. The Morgan fingerprint density at radius 3 is 2.38 bits per heavy atom. The van der Waals surface area contributed by atoms with Crippen LogP contribution < -0.4 is 10.6 Å². The molecule has 13 heavy (non-hydrogen) atoms. The largest absolute Gasteiger partial charge is 0.389 e. The molecule has 0 aromatic carbocycles. The van der Waals surface area contributed by atoms with E-state index in [-0.39, 0.29) is 6.42 Å². The summed E-state index contributed by atoms with van der Waals surface area (Å²) in [7, 11) is 0. The molecule has 2 N–H and O–H groups in total. The number of halogens is 3. The fourth-order valence-electron chi connectivity index (χ4n) is 1.19. The molecule has 0 unspecified atom stereocenters. The highest BCUT2D eigenvalue weighted by molar-refractivity contribution is 4.80. The van der Waals surface area contributed by atoms with Gasteiger partial charge in [-0.3, -0.25) is 0 Å². The molecule has 0 aromatic rings. The van der Waals surface area contributed by atoms with Gasteiger partial charge in [-0.25, -0.2) is 0 Å². The van der Waals surface area contributed by atoms with Crippen LogP contribution in [-0.2, 0) is 0 Å². The molecule has 2 nitrogen and oxygen atoms in total. The van der Waals surface area contributed by atoms with E-state index >= 15 is 0 Å². The van der Waals surface area contributed by atoms with Crippen LogP contribution in [0.2, 0.25) is 0 Å². The van der Waals surface area contributed by atoms with Crippen LogP contribution in [0.5, 0.6) is 0 Å². The van der Waals surface area contributed by atoms with E-state index < -0.39 is 12.6 Å². The number of nitrogens with one attached hydrogen (secondary N) is 2. The molecule has 0 aliphatic carbocycles. The lowest BCUT2D eigenvalue weighted by molar-refractivity contribution is -0.135. The predicted octanol–water partition coefficient (Wildman–Crippen LogP) is 1.28. The third-order valence-corrected chi connectivity index (χ3v) is 2.10. The number of unbranched alkanes of at least 4 members (excludes halogenated alkanes) is 1. The van der Waals surface area contributed by atoms with Crippen LogP contribution in [0.4, 0.5) is 13.2 Å². The van der Waals surface area contributed by atoms with E-state index in [1.54, 1.807) is 0 Å². The van der Waals surface area contributed by atoms with Crippen LogP contribution in [0.25, 0.3) is 0 Å². The molecule has 1 aliphatic rings. The number of rotatable bonds is 5. The lowest BCUT2D eigenvalue weighted by Gasteiger charge is -2.28. The van der Waals surface area contributed by atoms with E-state index in [2.05, 4.69) is 10.6 Å². The van der Waals surface area contributed by atoms with Gasteiger partial charge in [0, 0.05) is 25.6 Å². The zero-order chi connectivity index (χ0) is 9.73. The Kier molecular flexibility index (Phi) is 3.99. The Balaban J connectivity index is 1.83.